The van der Waals surface area contributed by atoms with Crippen LogP contribution in [-0.2, 0) is 11.2 Å². The first-order valence-electron chi connectivity index (χ1n) is 7.42. The Labute approximate surface area is 126 Å². The monoisotopic (exact) mass is 282 g/mol. The highest BCUT2D eigenvalue weighted by Crippen LogP contribution is 2.26. The van der Waals surface area contributed by atoms with Gasteiger partial charge in [0.25, 0.3) is 0 Å². The van der Waals surface area contributed by atoms with Crippen molar-refractivity contribution in [3.63, 3.8) is 0 Å². The van der Waals surface area contributed by atoms with Crippen molar-refractivity contribution in [1.82, 2.24) is 0 Å². The maximum atomic E-state index is 11.6. The van der Waals surface area contributed by atoms with Crippen LogP contribution in [0.3, 0.4) is 0 Å². The van der Waals surface area contributed by atoms with Gasteiger partial charge >= 0.3 is 5.97 Å². The zero-order chi connectivity index (χ0) is 15.2. The normalized spacial score (nSPS) is 12.1. The summed E-state index contributed by atoms with van der Waals surface area (Å²) < 4.78 is 0. The average Bonchev–Trinajstić information content (AvgIpc) is 2.47. The maximum absolute atomic E-state index is 11.6. The fourth-order valence-corrected chi connectivity index (χ4v) is 2.70. The van der Waals surface area contributed by atoms with Gasteiger partial charge in [-0.05, 0) is 49.8 Å². The molecule has 0 aliphatic rings. The second-order valence-electron chi connectivity index (χ2n) is 5.63. The molecule has 2 heteroatoms. The molecule has 0 aromatic heterocycles. The number of aryl methyl sites for hydroxylation is 3. The van der Waals surface area contributed by atoms with E-state index in [1.165, 1.54) is 5.56 Å². The fourth-order valence-electron chi connectivity index (χ4n) is 2.70. The number of carbonyl (C=O) groups is 1. The van der Waals surface area contributed by atoms with Crippen LogP contribution in [0.1, 0.15) is 41.0 Å². The molecule has 0 radical (unpaired) electrons. The summed E-state index contributed by atoms with van der Waals surface area (Å²) in [5.41, 5.74) is 4.40. The lowest BCUT2D eigenvalue weighted by Crippen LogP contribution is -2.13. The molecule has 0 spiro atoms. The van der Waals surface area contributed by atoms with Gasteiger partial charge in [0.2, 0.25) is 0 Å². The van der Waals surface area contributed by atoms with Crippen molar-refractivity contribution in [2.75, 3.05) is 0 Å². The molecule has 2 nitrogen and oxygen atoms in total. The summed E-state index contributed by atoms with van der Waals surface area (Å²) in [6, 6.07) is 16.3. The number of rotatable bonds is 6. The summed E-state index contributed by atoms with van der Waals surface area (Å²) >= 11 is 0. The van der Waals surface area contributed by atoms with Gasteiger partial charge in [0.15, 0.2) is 0 Å². The van der Waals surface area contributed by atoms with E-state index in [9.17, 15) is 9.90 Å². The number of hydrogen-bond donors (Lipinski definition) is 1. The minimum atomic E-state index is -0.725. The Morgan fingerprint density at radius 2 is 1.81 bits per heavy atom. The highest BCUT2D eigenvalue weighted by atomic mass is 16.4. The van der Waals surface area contributed by atoms with Gasteiger partial charge in [-0.25, -0.2) is 0 Å². The number of carboxylic acids is 1. The molecule has 0 aliphatic carbocycles. The number of aliphatic carboxylic acids is 1. The zero-order valence-corrected chi connectivity index (χ0v) is 12.7. The first kappa shape index (κ1) is 15.3. The predicted molar refractivity (Wildman–Crippen MR) is 85.7 cm³/mol. The summed E-state index contributed by atoms with van der Waals surface area (Å²) in [6.07, 6.45) is 2.48. The first-order valence-corrected chi connectivity index (χ1v) is 7.42. The van der Waals surface area contributed by atoms with Crippen LogP contribution in [0.25, 0.3) is 0 Å². The quantitative estimate of drug-likeness (QED) is 0.847. The molecule has 0 saturated carbocycles. The third-order valence-corrected chi connectivity index (χ3v) is 3.91. The predicted octanol–water partition coefficient (Wildman–Crippen LogP) is 4.49. The SMILES string of the molecule is Cc1ccc(C)c(C(CCCc2ccccc2)C(=O)O)c1. The smallest absolute Gasteiger partial charge is 0.310 e. The van der Waals surface area contributed by atoms with Crippen LogP contribution in [-0.4, -0.2) is 11.1 Å². The molecule has 0 saturated heterocycles. The summed E-state index contributed by atoms with van der Waals surface area (Å²) in [5.74, 6) is -1.13. The fraction of sp³-hybridized carbons (Fsp3) is 0.316. The second kappa shape index (κ2) is 7.07. The minimum Gasteiger partial charge on any atom is -0.481 e. The molecule has 0 bridgehead atoms. The minimum absolute atomic E-state index is 0.409. The van der Waals surface area contributed by atoms with Crippen LogP contribution < -0.4 is 0 Å². The molecule has 2 rings (SSSR count). The Hall–Kier alpha value is -2.09. The van der Waals surface area contributed by atoms with Gasteiger partial charge in [-0.15, -0.1) is 0 Å². The zero-order valence-electron chi connectivity index (χ0n) is 12.7. The highest BCUT2D eigenvalue weighted by Gasteiger charge is 2.21. The van der Waals surface area contributed by atoms with Crippen molar-refractivity contribution in [2.24, 2.45) is 0 Å². The Bertz CT molecular complexity index is 602. The van der Waals surface area contributed by atoms with Gasteiger partial charge in [-0.1, -0.05) is 54.1 Å². The van der Waals surface area contributed by atoms with Crippen LogP contribution >= 0.6 is 0 Å². The van der Waals surface area contributed by atoms with Crippen molar-refractivity contribution in [2.45, 2.75) is 39.0 Å². The van der Waals surface area contributed by atoms with E-state index in [-0.39, 0.29) is 0 Å². The molecule has 2 aromatic rings. The van der Waals surface area contributed by atoms with Gasteiger partial charge in [-0.2, -0.15) is 0 Å². The topological polar surface area (TPSA) is 37.3 Å². The van der Waals surface area contributed by atoms with E-state index < -0.39 is 11.9 Å². The van der Waals surface area contributed by atoms with Gasteiger partial charge < -0.3 is 5.11 Å². The molecule has 0 fully saturated rings. The molecule has 1 N–H and O–H groups in total. The lowest BCUT2D eigenvalue weighted by molar-refractivity contribution is -0.139. The van der Waals surface area contributed by atoms with E-state index in [2.05, 4.69) is 12.1 Å². The van der Waals surface area contributed by atoms with Gasteiger partial charge in [-0.3, -0.25) is 4.79 Å². The van der Waals surface area contributed by atoms with Crippen LogP contribution in [0.15, 0.2) is 48.5 Å². The molecule has 0 amide bonds. The molecule has 2 aromatic carbocycles. The molecule has 110 valence electrons. The number of benzene rings is 2. The number of carboxylic acid groups (broad SMARTS) is 1. The first-order chi connectivity index (χ1) is 10.1. The summed E-state index contributed by atoms with van der Waals surface area (Å²) in [6.45, 7) is 3.99. The third kappa shape index (κ3) is 4.19. The van der Waals surface area contributed by atoms with E-state index in [1.807, 2.05) is 50.2 Å². The van der Waals surface area contributed by atoms with Crippen molar-refractivity contribution in [3.8, 4) is 0 Å². The van der Waals surface area contributed by atoms with Crippen LogP contribution in [0.4, 0.5) is 0 Å². The van der Waals surface area contributed by atoms with Crippen molar-refractivity contribution < 1.29 is 9.90 Å². The lowest BCUT2D eigenvalue weighted by Gasteiger charge is -2.16. The largest absolute Gasteiger partial charge is 0.481 e. The maximum Gasteiger partial charge on any atom is 0.310 e. The van der Waals surface area contributed by atoms with E-state index in [0.29, 0.717) is 6.42 Å². The van der Waals surface area contributed by atoms with Crippen LogP contribution in [0.5, 0.6) is 0 Å². The summed E-state index contributed by atoms with van der Waals surface area (Å²) in [5, 5.41) is 9.54. The lowest BCUT2D eigenvalue weighted by atomic mass is 9.89. The van der Waals surface area contributed by atoms with Crippen molar-refractivity contribution in [3.05, 3.63) is 70.8 Å². The van der Waals surface area contributed by atoms with E-state index in [0.717, 1.165) is 29.5 Å². The van der Waals surface area contributed by atoms with Crippen LogP contribution in [0, 0.1) is 13.8 Å². The van der Waals surface area contributed by atoms with Gasteiger partial charge in [0.05, 0.1) is 5.92 Å². The molecular weight excluding hydrogens is 260 g/mol. The Morgan fingerprint density at radius 1 is 1.10 bits per heavy atom. The molecule has 1 atom stereocenters. The highest BCUT2D eigenvalue weighted by molar-refractivity contribution is 5.76. The third-order valence-electron chi connectivity index (χ3n) is 3.91. The Balaban J connectivity index is 2.06. The standard InChI is InChI=1S/C19H22O2/c1-14-11-12-15(2)18(13-14)17(19(20)21)10-6-9-16-7-4-3-5-8-16/h3-5,7-8,11-13,17H,6,9-10H2,1-2H3,(H,20,21). The molecule has 0 aliphatic heterocycles. The average molecular weight is 282 g/mol. The van der Waals surface area contributed by atoms with Crippen molar-refractivity contribution >= 4 is 5.97 Å². The van der Waals surface area contributed by atoms with Crippen LogP contribution in [0.2, 0.25) is 0 Å². The van der Waals surface area contributed by atoms with E-state index >= 15 is 0 Å². The Kier molecular flexibility index (Phi) is 5.15. The molecule has 0 heterocycles. The van der Waals surface area contributed by atoms with E-state index in [1.54, 1.807) is 0 Å². The molecular formula is C19H22O2. The Morgan fingerprint density at radius 3 is 2.48 bits per heavy atom. The van der Waals surface area contributed by atoms with Gasteiger partial charge in [0.1, 0.15) is 0 Å². The summed E-state index contributed by atoms with van der Waals surface area (Å²) in [4.78, 5) is 11.6. The number of hydrogen-bond acceptors (Lipinski definition) is 1. The second-order valence-corrected chi connectivity index (χ2v) is 5.63. The molecule has 21 heavy (non-hydrogen) atoms. The van der Waals surface area contributed by atoms with E-state index in [4.69, 9.17) is 0 Å². The van der Waals surface area contributed by atoms with Crippen molar-refractivity contribution in [1.29, 1.82) is 0 Å². The van der Waals surface area contributed by atoms with Gasteiger partial charge in [0, 0.05) is 0 Å². The molecule has 1 unspecified atom stereocenters. The summed E-state index contributed by atoms with van der Waals surface area (Å²) in [7, 11) is 0.